The minimum Gasteiger partial charge on any atom is -0.350 e. The highest BCUT2D eigenvalue weighted by Crippen LogP contribution is 2.25. The number of nitrogens with zero attached hydrogens (tertiary/aromatic N) is 3. The lowest BCUT2D eigenvalue weighted by Gasteiger charge is -2.12. The van der Waals surface area contributed by atoms with Crippen LogP contribution in [0.1, 0.15) is 47.6 Å². The van der Waals surface area contributed by atoms with Gasteiger partial charge in [0.1, 0.15) is 0 Å². The van der Waals surface area contributed by atoms with Crippen LogP contribution < -0.4 is 5.32 Å². The molecule has 3 aromatic rings. The molecule has 130 valence electrons. The Labute approximate surface area is 148 Å². The van der Waals surface area contributed by atoms with Crippen LogP contribution in [0, 0.1) is 20.8 Å². The van der Waals surface area contributed by atoms with Gasteiger partial charge in [0.25, 0.3) is 5.91 Å². The van der Waals surface area contributed by atoms with Crippen molar-refractivity contribution in [2.45, 2.75) is 47.1 Å². The molecule has 1 amide bonds. The van der Waals surface area contributed by atoms with Crippen LogP contribution in [0.5, 0.6) is 0 Å². The smallest absolute Gasteiger partial charge is 0.252 e. The van der Waals surface area contributed by atoms with Crippen LogP contribution in [0.4, 0.5) is 0 Å². The van der Waals surface area contributed by atoms with E-state index >= 15 is 0 Å². The van der Waals surface area contributed by atoms with E-state index in [2.05, 4.69) is 29.2 Å². The summed E-state index contributed by atoms with van der Waals surface area (Å²) in [5.74, 6) is -0.0728. The Hall–Kier alpha value is -2.69. The number of aromatic nitrogens is 3. The van der Waals surface area contributed by atoms with Crippen molar-refractivity contribution in [3.05, 3.63) is 52.8 Å². The van der Waals surface area contributed by atoms with E-state index in [-0.39, 0.29) is 11.9 Å². The number of nitrogens with one attached hydrogen (secondary N) is 1. The summed E-state index contributed by atoms with van der Waals surface area (Å²) in [6.07, 6.45) is 0.889. The van der Waals surface area contributed by atoms with E-state index in [1.54, 1.807) is 0 Å². The fourth-order valence-electron chi connectivity index (χ4n) is 2.86. The molecule has 0 aliphatic rings. The number of rotatable bonds is 4. The van der Waals surface area contributed by atoms with Crippen LogP contribution >= 0.6 is 0 Å². The summed E-state index contributed by atoms with van der Waals surface area (Å²) in [7, 11) is 0. The highest BCUT2D eigenvalue weighted by molar-refractivity contribution is 6.06. The zero-order chi connectivity index (χ0) is 18.1. The first-order chi connectivity index (χ1) is 11.9. The number of hydrogen-bond donors (Lipinski definition) is 1. The molecule has 5 heteroatoms. The molecule has 3 rings (SSSR count). The Kier molecular flexibility index (Phi) is 4.57. The molecule has 0 spiro atoms. The Morgan fingerprint density at radius 1 is 1.20 bits per heavy atom. The predicted octanol–water partition coefficient (Wildman–Crippen LogP) is 3.87. The molecule has 0 unspecified atom stereocenters. The van der Waals surface area contributed by atoms with Crippen molar-refractivity contribution in [1.82, 2.24) is 20.1 Å². The third-order valence-corrected chi connectivity index (χ3v) is 4.45. The van der Waals surface area contributed by atoms with Gasteiger partial charge in [-0.15, -0.1) is 0 Å². The average Bonchev–Trinajstić information content (AvgIpc) is 2.91. The van der Waals surface area contributed by atoms with Crippen molar-refractivity contribution in [3.8, 4) is 5.69 Å². The summed E-state index contributed by atoms with van der Waals surface area (Å²) in [6, 6.07) is 10.1. The number of pyridine rings is 1. The highest BCUT2D eigenvalue weighted by atomic mass is 16.1. The second-order valence-corrected chi connectivity index (χ2v) is 6.63. The number of benzene rings is 1. The molecule has 0 bridgehead atoms. The molecule has 1 N–H and O–H groups in total. The second kappa shape index (κ2) is 6.67. The monoisotopic (exact) mass is 336 g/mol. The van der Waals surface area contributed by atoms with E-state index in [0.29, 0.717) is 5.56 Å². The Morgan fingerprint density at radius 3 is 2.52 bits per heavy atom. The molecule has 0 radical (unpaired) electrons. The van der Waals surface area contributed by atoms with Crippen LogP contribution in [0.2, 0.25) is 0 Å². The Balaban J connectivity index is 2.18. The van der Waals surface area contributed by atoms with Crippen molar-refractivity contribution in [3.63, 3.8) is 0 Å². The van der Waals surface area contributed by atoms with Gasteiger partial charge in [0.2, 0.25) is 0 Å². The molecule has 0 fully saturated rings. The maximum Gasteiger partial charge on any atom is 0.252 e. The molecule has 25 heavy (non-hydrogen) atoms. The first-order valence-electron chi connectivity index (χ1n) is 8.65. The zero-order valence-corrected chi connectivity index (χ0v) is 15.4. The van der Waals surface area contributed by atoms with Gasteiger partial charge in [0.05, 0.1) is 22.3 Å². The first-order valence-corrected chi connectivity index (χ1v) is 8.65. The van der Waals surface area contributed by atoms with E-state index in [1.165, 1.54) is 5.56 Å². The predicted molar refractivity (Wildman–Crippen MR) is 100 cm³/mol. The molecule has 2 aromatic heterocycles. The van der Waals surface area contributed by atoms with Gasteiger partial charge in [-0.3, -0.25) is 4.79 Å². The van der Waals surface area contributed by atoms with Crippen LogP contribution in [0.3, 0.4) is 0 Å². The van der Waals surface area contributed by atoms with E-state index < -0.39 is 0 Å². The van der Waals surface area contributed by atoms with Gasteiger partial charge in [-0.25, -0.2) is 9.67 Å². The van der Waals surface area contributed by atoms with Crippen LogP contribution in [-0.4, -0.2) is 26.7 Å². The lowest BCUT2D eigenvalue weighted by Crippen LogP contribution is -2.32. The maximum atomic E-state index is 12.7. The lowest BCUT2D eigenvalue weighted by molar-refractivity contribution is 0.0940. The normalized spacial score (nSPS) is 12.4. The molecule has 5 nitrogen and oxygen atoms in total. The molecule has 1 aromatic carbocycles. The van der Waals surface area contributed by atoms with Gasteiger partial charge in [-0.2, -0.15) is 5.10 Å². The number of hydrogen-bond acceptors (Lipinski definition) is 3. The number of aryl methyl sites for hydroxylation is 3. The Bertz CT molecular complexity index is 925. The molecule has 1 atom stereocenters. The van der Waals surface area contributed by atoms with Gasteiger partial charge in [-0.1, -0.05) is 24.6 Å². The number of carbonyl (C=O) groups is 1. The average molecular weight is 336 g/mol. The number of carbonyl (C=O) groups excluding carboxylic acids is 1. The molecular formula is C20H24N4O. The van der Waals surface area contributed by atoms with E-state index in [1.807, 2.05) is 55.8 Å². The van der Waals surface area contributed by atoms with Crippen molar-refractivity contribution in [2.24, 2.45) is 0 Å². The molecule has 0 saturated heterocycles. The SMILES string of the molecule is CC[C@H](C)NC(=O)c1cc(C)nc2c1c(C)nn2-c1ccc(C)cc1. The molecule has 2 heterocycles. The van der Waals surface area contributed by atoms with Gasteiger partial charge >= 0.3 is 0 Å². The van der Waals surface area contributed by atoms with E-state index in [9.17, 15) is 4.79 Å². The lowest BCUT2D eigenvalue weighted by atomic mass is 10.1. The van der Waals surface area contributed by atoms with Crippen LogP contribution in [0.25, 0.3) is 16.7 Å². The highest BCUT2D eigenvalue weighted by Gasteiger charge is 2.20. The fourth-order valence-corrected chi connectivity index (χ4v) is 2.86. The minimum absolute atomic E-state index is 0.0728. The first kappa shape index (κ1) is 17.1. The van der Waals surface area contributed by atoms with E-state index in [4.69, 9.17) is 0 Å². The van der Waals surface area contributed by atoms with Crippen molar-refractivity contribution < 1.29 is 4.79 Å². The summed E-state index contributed by atoms with van der Waals surface area (Å²) < 4.78 is 1.82. The van der Waals surface area contributed by atoms with Crippen molar-refractivity contribution in [1.29, 1.82) is 0 Å². The summed E-state index contributed by atoms with van der Waals surface area (Å²) >= 11 is 0. The van der Waals surface area contributed by atoms with Crippen molar-refractivity contribution >= 4 is 16.9 Å². The number of fused-ring (bicyclic) bond motifs is 1. The van der Waals surface area contributed by atoms with Gasteiger partial charge in [0, 0.05) is 11.7 Å². The summed E-state index contributed by atoms with van der Waals surface area (Å²) in [5, 5.41) is 8.50. The molecule has 0 aliphatic heterocycles. The quantitative estimate of drug-likeness (QED) is 0.786. The molecule has 0 saturated carbocycles. The van der Waals surface area contributed by atoms with Crippen LogP contribution in [-0.2, 0) is 0 Å². The third-order valence-electron chi connectivity index (χ3n) is 4.45. The molecular weight excluding hydrogens is 312 g/mol. The zero-order valence-electron chi connectivity index (χ0n) is 15.4. The topological polar surface area (TPSA) is 59.8 Å². The van der Waals surface area contributed by atoms with Gasteiger partial charge in [0.15, 0.2) is 5.65 Å². The van der Waals surface area contributed by atoms with Crippen molar-refractivity contribution in [2.75, 3.05) is 0 Å². The largest absolute Gasteiger partial charge is 0.350 e. The third kappa shape index (κ3) is 3.27. The summed E-state index contributed by atoms with van der Waals surface area (Å²) in [4.78, 5) is 17.4. The minimum atomic E-state index is -0.0728. The van der Waals surface area contributed by atoms with Crippen LogP contribution in [0.15, 0.2) is 30.3 Å². The number of amides is 1. The maximum absolute atomic E-state index is 12.7. The van der Waals surface area contributed by atoms with E-state index in [0.717, 1.165) is 34.5 Å². The summed E-state index contributed by atoms with van der Waals surface area (Å²) in [5.41, 5.74) is 5.09. The molecule has 0 aliphatic carbocycles. The fraction of sp³-hybridized carbons (Fsp3) is 0.350. The van der Waals surface area contributed by atoms with Gasteiger partial charge < -0.3 is 5.32 Å². The Morgan fingerprint density at radius 2 is 1.88 bits per heavy atom. The standard InChI is InChI=1S/C20H24N4O/c1-6-13(3)22-20(25)17-11-14(4)21-19-18(17)15(5)23-24(19)16-9-7-12(2)8-10-16/h7-11,13H,6H2,1-5H3,(H,22,25)/t13-/m0/s1. The second-order valence-electron chi connectivity index (χ2n) is 6.63. The summed E-state index contributed by atoms with van der Waals surface area (Å²) in [6.45, 7) is 9.94. The van der Waals surface area contributed by atoms with Gasteiger partial charge in [-0.05, 0) is 52.3 Å².